The molecule has 0 saturated heterocycles. The minimum atomic E-state index is -4.25. The maximum atomic E-state index is 12.2. The molecule has 8 nitrogen and oxygen atoms in total. The molecule has 0 amide bonds. The van der Waals surface area contributed by atoms with E-state index in [4.69, 9.17) is 24.3 Å². The smallest absolute Gasteiger partial charge is 0.457 e. The summed E-state index contributed by atoms with van der Waals surface area (Å²) in [5.41, 5.74) is 5.29. The molecule has 0 heterocycles. The molecule has 0 aromatic heterocycles. The molecule has 0 aliphatic heterocycles. The summed E-state index contributed by atoms with van der Waals surface area (Å²) in [4.78, 5) is 21.9. The average Bonchev–Trinajstić information content (AvgIpc) is 2.88. The maximum absolute atomic E-state index is 12.2. The number of hydrogen-bond donors (Lipinski definition) is 2. The van der Waals surface area contributed by atoms with Crippen molar-refractivity contribution in [2.24, 2.45) is 5.73 Å². The van der Waals surface area contributed by atoms with Crippen LogP contribution in [0.1, 0.15) is 110 Å². The zero-order valence-electron chi connectivity index (χ0n) is 23.5. The lowest BCUT2D eigenvalue weighted by atomic mass is 10.1. The molecule has 2 unspecified atom stereocenters. The normalized spacial score (nSPS) is 14.4. The summed E-state index contributed by atoms with van der Waals surface area (Å²) in [6.07, 6.45) is 23.8. The molecular formula is C28H54NO7P. The molecule has 0 rings (SSSR count). The van der Waals surface area contributed by atoms with Crippen molar-refractivity contribution in [2.45, 2.75) is 116 Å². The predicted molar refractivity (Wildman–Crippen MR) is 150 cm³/mol. The number of carbonyl (C=O) groups is 1. The lowest BCUT2D eigenvalue weighted by Crippen LogP contribution is -2.28. The van der Waals surface area contributed by atoms with Crippen molar-refractivity contribution in [3.63, 3.8) is 0 Å². The molecule has 0 radical (unpaired) electrons. The molecule has 2 atom stereocenters. The Balaban J connectivity index is 4.06. The molecule has 37 heavy (non-hydrogen) atoms. The number of allylic oxidation sites excluding steroid dienone is 4. The number of nitrogens with two attached hydrogens (primary N) is 1. The van der Waals surface area contributed by atoms with Crippen molar-refractivity contribution in [3.8, 4) is 0 Å². The zero-order valence-corrected chi connectivity index (χ0v) is 24.3. The first-order valence-electron chi connectivity index (χ1n) is 14.3. The Hall–Kier alpha value is -1.02. The van der Waals surface area contributed by atoms with Gasteiger partial charge in [-0.3, -0.25) is 13.8 Å². The highest BCUT2D eigenvalue weighted by Gasteiger charge is 2.25. The molecule has 0 aliphatic rings. The van der Waals surface area contributed by atoms with Gasteiger partial charge in [0, 0.05) is 19.6 Å². The highest BCUT2D eigenvalue weighted by molar-refractivity contribution is 7.47. The van der Waals surface area contributed by atoms with Gasteiger partial charge < -0.3 is 20.1 Å². The van der Waals surface area contributed by atoms with Gasteiger partial charge >= 0.3 is 13.8 Å². The number of phosphoric ester groups is 1. The van der Waals surface area contributed by atoms with Gasteiger partial charge in [0.05, 0.1) is 19.8 Å². The summed E-state index contributed by atoms with van der Waals surface area (Å²) in [5, 5.41) is 0. The van der Waals surface area contributed by atoms with Crippen molar-refractivity contribution in [1.29, 1.82) is 0 Å². The number of esters is 1. The lowest BCUT2D eigenvalue weighted by molar-refractivity contribution is -0.154. The van der Waals surface area contributed by atoms with Crippen LogP contribution in [-0.4, -0.2) is 49.9 Å². The molecule has 9 heteroatoms. The van der Waals surface area contributed by atoms with E-state index < -0.39 is 13.9 Å². The number of carbonyl (C=O) groups excluding carboxylic acids is 1. The van der Waals surface area contributed by atoms with Crippen LogP contribution in [0, 0.1) is 0 Å². The highest BCUT2D eigenvalue weighted by Crippen LogP contribution is 2.43. The Morgan fingerprint density at radius 3 is 2.19 bits per heavy atom. The molecule has 0 bridgehead atoms. The Kier molecular flexibility index (Phi) is 25.8. The monoisotopic (exact) mass is 547 g/mol. The van der Waals surface area contributed by atoms with Crippen molar-refractivity contribution in [2.75, 3.05) is 33.0 Å². The number of hydrogen-bond acceptors (Lipinski definition) is 7. The van der Waals surface area contributed by atoms with Gasteiger partial charge in [0.25, 0.3) is 0 Å². The summed E-state index contributed by atoms with van der Waals surface area (Å²) >= 11 is 0. The van der Waals surface area contributed by atoms with Crippen LogP contribution in [-0.2, 0) is 27.9 Å². The number of phosphoric acid groups is 1. The third-order valence-corrected chi connectivity index (χ3v) is 6.59. The fraction of sp³-hybridized carbons (Fsp3) is 0.821. The van der Waals surface area contributed by atoms with Gasteiger partial charge in [0.1, 0.15) is 6.10 Å². The van der Waals surface area contributed by atoms with E-state index >= 15 is 0 Å². The first-order chi connectivity index (χ1) is 17.9. The van der Waals surface area contributed by atoms with E-state index in [2.05, 4.69) is 38.2 Å². The van der Waals surface area contributed by atoms with Crippen LogP contribution in [0.2, 0.25) is 0 Å². The van der Waals surface area contributed by atoms with E-state index in [0.29, 0.717) is 13.0 Å². The SMILES string of the molecule is CCC/C=C\C/C=C\CCCCCCCCOCC(COP(=O)(O)OCCN)OC(=O)CCCCCC. The third kappa shape index (κ3) is 26.4. The fourth-order valence-corrected chi connectivity index (χ4v) is 4.27. The topological polar surface area (TPSA) is 117 Å². The van der Waals surface area contributed by atoms with Gasteiger partial charge in [-0.15, -0.1) is 0 Å². The second-order valence-electron chi connectivity index (χ2n) is 9.26. The first kappa shape index (κ1) is 36.0. The van der Waals surface area contributed by atoms with Gasteiger partial charge in [-0.25, -0.2) is 4.57 Å². The van der Waals surface area contributed by atoms with Crippen molar-refractivity contribution in [3.05, 3.63) is 24.3 Å². The largest absolute Gasteiger partial charge is 0.472 e. The van der Waals surface area contributed by atoms with Crippen LogP contribution < -0.4 is 5.73 Å². The average molecular weight is 548 g/mol. The molecule has 3 N–H and O–H groups in total. The first-order valence-corrected chi connectivity index (χ1v) is 15.8. The van der Waals surface area contributed by atoms with Gasteiger partial charge in [-0.1, -0.05) is 89.5 Å². The summed E-state index contributed by atoms with van der Waals surface area (Å²) in [5.74, 6) is -0.355. The Labute approximate surface area is 226 Å². The number of rotatable bonds is 27. The van der Waals surface area contributed by atoms with E-state index in [0.717, 1.165) is 57.8 Å². The maximum Gasteiger partial charge on any atom is 0.472 e. The van der Waals surface area contributed by atoms with Gasteiger partial charge in [0.15, 0.2) is 0 Å². The molecule has 0 aromatic rings. The van der Waals surface area contributed by atoms with E-state index in [1.807, 2.05) is 0 Å². The van der Waals surface area contributed by atoms with Crippen molar-refractivity contribution < 1.29 is 32.8 Å². The summed E-state index contributed by atoms with van der Waals surface area (Å²) in [6.45, 7) is 4.67. The molecule has 218 valence electrons. The summed E-state index contributed by atoms with van der Waals surface area (Å²) in [7, 11) is -4.25. The van der Waals surface area contributed by atoms with E-state index in [1.165, 1.54) is 32.1 Å². The fourth-order valence-electron chi connectivity index (χ4n) is 3.50. The van der Waals surface area contributed by atoms with Gasteiger partial charge in [-0.05, 0) is 38.5 Å². The molecule has 0 spiro atoms. The Morgan fingerprint density at radius 1 is 0.811 bits per heavy atom. The van der Waals surface area contributed by atoms with Crippen LogP contribution in [0.5, 0.6) is 0 Å². The minimum absolute atomic E-state index is 0.0976. The van der Waals surface area contributed by atoms with Crippen LogP contribution in [0.3, 0.4) is 0 Å². The van der Waals surface area contributed by atoms with Crippen LogP contribution in [0.25, 0.3) is 0 Å². The standard InChI is InChI=1S/C28H54NO7P/c1-3-5-7-9-10-11-12-13-14-15-16-17-18-20-23-33-25-27(26-35-37(31,32)34-24-22-29)36-28(30)21-19-8-6-4-2/h7,9,11-12,27H,3-6,8,10,13-26,29H2,1-2H3,(H,31,32)/b9-7-,12-11-. The predicted octanol–water partition coefficient (Wildman–Crippen LogP) is 7.01. The Bertz CT molecular complexity index is 628. The number of unbranched alkanes of at least 4 members (excludes halogenated alkanes) is 10. The molecular weight excluding hydrogens is 493 g/mol. The lowest BCUT2D eigenvalue weighted by Gasteiger charge is -2.20. The second kappa shape index (κ2) is 26.6. The van der Waals surface area contributed by atoms with Crippen molar-refractivity contribution >= 4 is 13.8 Å². The van der Waals surface area contributed by atoms with Crippen molar-refractivity contribution in [1.82, 2.24) is 0 Å². The van der Waals surface area contributed by atoms with Gasteiger partial charge in [-0.2, -0.15) is 0 Å². The van der Waals surface area contributed by atoms with Crippen LogP contribution in [0.15, 0.2) is 24.3 Å². The van der Waals surface area contributed by atoms with E-state index in [9.17, 15) is 14.3 Å². The highest BCUT2D eigenvalue weighted by atomic mass is 31.2. The third-order valence-electron chi connectivity index (χ3n) is 5.60. The zero-order chi connectivity index (χ0) is 27.5. The van der Waals surface area contributed by atoms with E-state index in [1.54, 1.807) is 0 Å². The summed E-state index contributed by atoms with van der Waals surface area (Å²) < 4.78 is 32.8. The van der Waals surface area contributed by atoms with Crippen LogP contribution in [0.4, 0.5) is 0 Å². The minimum Gasteiger partial charge on any atom is -0.457 e. The van der Waals surface area contributed by atoms with Gasteiger partial charge in [0.2, 0.25) is 0 Å². The molecule has 0 aliphatic carbocycles. The second-order valence-corrected chi connectivity index (χ2v) is 10.7. The quantitative estimate of drug-likeness (QED) is 0.0488. The molecule has 0 fully saturated rings. The number of ether oxygens (including phenoxy) is 2. The van der Waals surface area contributed by atoms with E-state index in [-0.39, 0.29) is 32.3 Å². The van der Waals surface area contributed by atoms with Crippen LogP contribution >= 0.6 is 7.82 Å². The molecule has 0 saturated carbocycles. The molecule has 0 aromatic carbocycles. The Morgan fingerprint density at radius 2 is 1.49 bits per heavy atom. The summed E-state index contributed by atoms with van der Waals surface area (Å²) in [6, 6.07) is 0.